The fourth-order valence-corrected chi connectivity index (χ4v) is 3.55. The predicted octanol–water partition coefficient (Wildman–Crippen LogP) is 6.96. The molecule has 0 unspecified atom stereocenters. The third-order valence-electron chi connectivity index (χ3n) is 5.10. The molecule has 0 atom stereocenters. The van der Waals surface area contributed by atoms with E-state index in [1.807, 2.05) is 51.1 Å². The van der Waals surface area contributed by atoms with Crippen LogP contribution in [0.1, 0.15) is 37.0 Å². The summed E-state index contributed by atoms with van der Waals surface area (Å²) in [5, 5.41) is 12.7. The van der Waals surface area contributed by atoms with Crippen LogP contribution >= 0.6 is 11.6 Å². The van der Waals surface area contributed by atoms with Gasteiger partial charge in [-0.3, -0.25) is 4.79 Å². The molecule has 0 saturated heterocycles. The van der Waals surface area contributed by atoms with Gasteiger partial charge in [-0.05, 0) is 73.9 Å². The van der Waals surface area contributed by atoms with Crippen molar-refractivity contribution in [2.45, 2.75) is 33.8 Å². The highest BCUT2D eigenvalue weighted by molar-refractivity contribution is 6.32. The molecule has 186 valence electrons. The maximum absolute atomic E-state index is 12.8. The van der Waals surface area contributed by atoms with E-state index in [4.69, 9.17) is 25.8 Å². The summed E-state index contributed by atoms with van der Waals surface area (Å²) < 4.78 is 17.2. The van der Waals surface area contributed by atoms with Crippen LogP contribution in [0, 0.1) is 18.3 Å². The summed E-state index contributed by atoms with van der Waals surface area (Å²) in [6, 6.07) is 20.4. The van der Waals surface area contributed by atoms with E-state index >= 15 is 0 Å². The molecule has 0 fully saturated rings. The number of rotatable bonds is 11. The van der Waals surface area contributed by atoms with Crippen molar-refractivity contribution in [1.82, 2.24) is 0 Å². The summed E-state index contributed by atoms with van der Waals surface area (Å²) in [7, 11) is 0. The second-order valence-electron chi connectivity index (χ2n) is 8.03. The number of carbonyl (C=O) groups is 1. The van der Waals surface area contributed by atoms with Gasteiger partial charge in [0.05, 0.1) is 18.2 Å². The Morgan fingerprint density at radius 3 is 2.39 bits per heavy atom. The van der Waals surface area contributed by atoms with Crippen LogP contribution in [0.15, 0.2) is 66.2 Å². The lowest BCUT2D eigenvalue weighted by Crippen LogP contribution is -2.13. The number of nitriles is 1. The zero-order valence-corrected chi connectivity index (χ0v) is 21.4. The van der Waals surface area contributed by atoms with Crippen LogP contribution in [0.5, 0.6) is 17.2 Å². The lowest BCUT2D eigenvalue weighted by Gasteiger charge is -2.14. The van der Waals surface area contributed by atoms with Crippen LogP contribution in [0.4, 0.5) is 5.69 Å². The number of nitrogens with zero attached hydrogens (tertiary/aromatic N) is 1. The topological polar surface area (TPSA) is 80.6 Å². The molecule has 0 aliphatic rings. The van der Waals surface area contributed by atoms with E-state index < -0.39 is 5.91 Å². The van der Waals surface area contributed by atoms with Crippen LogP contribution in [-0.4, -0.2) is 19.1 Å². The number of hydrogen-bond acceptors (Lipinski definition) is 5. The number of anilines is 1. The number of halogens is 1. The first-order chi connectivity index (χ1) is 17.4. The summed E-state index contributed by atoms with van der Waals surface area (Å²) in [4.78, 5) is 12.8. The van der Waals surface area contributed by atoms with Crippen molar-refractivity contribution in [2.24, 2.45) is 0 Å². The minimum Gasteiger partial charge on any atom is -0.490 e. The molecule has 1 N–H and O–H groups in total. The van der Waals surface area contributed by atoms with Crippen molar-refractivity contribution in [3.05, 3.63) is 87.9 Å². The fourth-order valence-electron chi connectivity index (χ4n) is 3.28. The molecular formula is C29H29ClN2O4. The van der Waals surface area contributed by atoms with Crippen molar-refractivity contribution in [3.63, 3.8) is 0 Å². The van der Waals surface area contributed by atoms with Gasteiger partial charge in [-0.2, -0.15) is 5.26 Å². The van der Waals surface area contributed by atoms with Crippen molar-refractivity contribution < 1.29 is 19.0 Å². The zero-order chi connectivity index (χ0) is 25.9. The van der Waals surface area contributed by atoms with Crippen LogP contribution < -0.4 is 19.5 Å². The largest absolute Gasteiger partial charge is 0.490 e. The van der Waals surface area contributed by atoms with Gasteiger partial charge in [-0.25, -0.2) is 0 Å². The van der Waals surface area contributed by atoms with Crippen molar-refractivity contribution in [3.8, 4) is 23.3 Å². The summed E-state index contributed by atoms with van der Waals surface area (Å²) in [6.07, 6.45) is 2.29. The average Bonchev–Trinajstić information content (AvgIpc) is 2.87. The Bertz CT molecular complexity index is 1250. The van der Waals surface area contributed by atoms with E-state index in [0.717, 1.165) is 12.0 Å². The van der Waals surface area contributed by atoms with Crippen LogP contribution in [0.25, 0.3) is 6.08 Å². The second kappa shape index (κ2) is 13.2. The van der Waals surface area contributed by atoms with E-state index in [9.17, 15) is 10.1 Å². The minimum absolute atomic E-state index is 0.0737. The number of carbonyl (C=O) groups excluding carboxylic acids is 1. The Balaban J connectivity index is 1.69. The number of aryl methyl sites for hydroxylation is 1. The molecule has 6 nitrogen and oxygen atoms in total. The summed E-state index contributed by atoms with van der Waals surface area (Å²) in [6.45, 7) is 7.25. The van der Waals surface area contributed by atoms with E-state index in [1.165, 1.54) is 11.6 Å². The van der Waals surface area contributed by atoms with Gasteiger partial charge in [0.2, 0.25) is 0 Å². The van der Waals surface area contributed by atoms with Gasteiger partial charge >= 0.3 is 0 Å². The van der Waals surface area contributed by atoms with Crippen LogP contribution in [0.3, 0.4) is 0 Å². The summed E-state index contributed by atoms with van der Waals surface area (Å²) in [5.41, 5.74) is 3.29. The number of amides is 1. The van der Waals surface area contributed by atoms with Crippen LogP contribution in [0.2, 0.25) is 5.02 Å². The van der Waals surface area contributed by atoms with E-state index in [1.54, 1.807) is 36.4 Å². The molecule has 0 saturated carbocycles. The number of ether oxygens (including phenoxy) is 3. The van der Waals surface area contributed by atoms with Crippen molar-refractivity contribution in [2.75, 3.05) is 18.5 Å². The molecule has 1 amide bonds. The molecule has 0 spiro atoms. The monoisotopic (exact) mass is 504 g/mol. The summed E-state index contributed by atoms with van der Waals surface area (Å²) in [5.74, 6) is 1.05. The second-order valence-corrected chi connectivity index (χ2v) is 8.44. The van der Waals surface area contributed by atoms with E-state index in [-0.39, 0.29) is 5.57 Å². The molecule has 36 heavy (non-hydrogen) atoms. The third kappa shape index (κ3) is 7.53. The molecule has 0 heterocycles. The summed E-state index contributed by atoms with van der Waals surface area (Å²) >= 11 is 6.40. The van der Waals surface area contributed by atoms with Gasteiger partial charge in [0.25, 0.3) is 5.91 Å². The molecule has 0 aliphatic carbocycles. The number of benzene rings is 3. The Hall–Kier alpha value is -3.95. The van der Waals surface area contributed by atoms with Crippen molar-refractivity contribution >= 4 is 29.3 Å². The quantitative estimate of drug-likeness (QED) is 0.225. The Labute approximate surface area is 217 Å². The van der Waals surface area contributed by atoms with E-state index in [0.29, 0.717) is 53.3 Å². The highest BCUT2D eigenvalue weighted by Gasteiger charge is 2.15. The standard InChI is InChI=1S/C29H29ClN2O4/c1-4-14-35-28-26(30)16-22(17-27(28)34-5-2)15-23(18-31)29(33)32-24-10-12-25(13-11-24)36-19-21-8-6-20(3)7-9-21/h6-13,15-17H,4-5,14,19H2,1-3H3,(H,32,33)/b23-15+. The molecule has 0 radical (unpaired) electrons. The first-order valence-corrected chi connectivity index (χ1v) is 12.1. The smallest absolute Gasteiger partial charge is 0.266 e. The van der Waals surface area contributed by atoms with Gasteiger partial charge < -0.3 is 19.5 Å². The molecular weight excluding hydrogens is 476 g/mol. The highest BCUT2D eigenvalue weighted by atomic mass is 35.5. The first kappa shape index (κ1) is 26.7. The SMILES string of the molecule is CCCOc1c(Cl)cc(/C=C(\C#N)C(=O)Nc2ccc(OCc3ccc(C)cc3)cc2)cc1OCC. The number of nitrogens with one attached hydrogen (secondary N) is 1. The zero-order valence-electron chi connectivity index (χ0n) is 20.6. The predicted molar refractivity (Wildman–Crippen MR) is 143 cm³/mol. The van der Waals surface area contributed by atoms with Gasteiger partial charge in [0.15, 0.2) is 11.5 Å². The molecule has 7 heteroatoms. The molecule has 3 rings (SSSR count). The molecule has 0 aromatic heterocycles. The molecule has 3 aromatic carbocycles. The van der Waals surface area contributed by atoms with Gasteiger partial charge in [0, 0.05) is 5.69 Å². The first-order valence-electron chi connectivity index (χ1n) is 11.7. The van der Waals surface area contributed by atoms with Crippen LogP contribution in [-0.2, 0) is 11.4 Å². The minimum atomic E-state index is -0.536. The Morgan fingerprint density at radius 1 is 1.03 bits per heavy atom. The molecule has 3 aromatic rings. The molecule has 0 aliphatic heterocycles. The third-order valence-corrected chi connectivity index (χ3v) is 5.38. The maximum atomic E-state index is 12.8. The van der Waals surface area contributed by atoms with Crippen molar-refractivity contribution in [1.29, 1.82) is 5.26 Å². The fraction of sp³-hybridized carbons (Fsp3) is 0.241. The Morgan fingerprint density at radius 2 is 1.75 bits per heavy atom. The van der Waals surface area contributed by atoms with Gasteiger partial charge in [-0.1, -0.05) is 48.4 Å². The lowest BCUT2D eigenvalue weighted by atomic mass is 10.1. The highest BCUT2D eigenvalue weighted by Crippen LogP contribution is 2.37. The van der Waals surface area contributed by atoms with Gasteiger partial charge in [-0.15, -0.1) is 0 Å². The average molecular weight is 505 g/mol. The van der Waals surface area contributed by atoms with Gasteiger partial charge in [0.1, 0.15) is 24.0 Å². The number of hydrogen-bond donors (Lipinski definition) is 1. The normalized spacial score (nSPS) is 10.9. The van der Waals surface area contributed by atoms with E-state index in [2.05, 4.69) is 5.32 Å². The Kier molecular flexibility index (Phi) is 9.79. The molecule has 0 bridgehead atoms. The lowest BCUT2D eigenvalue weighted by molar-refractivity contribution is -0.112. The maximum Gasteiger partial charge on any atom is 0.266 e.